The predicted octanol–water partition coefficient (Wildman–Crippen LogP) is 2.92. The van der Waals surface area contributed by atoms with Crippen molar-refractivity contribution < 1.29 is 17.9 Å². The topological polar surface area (TPSA) is 111 Å². The fourth-order valence-electron chi connectivity index (χ4n) is 4.32. The molecule has 1 N–H and O–H groups in total. The summed E-state index contributed by atoms with van der Waals surface area (Å²) < 4.78 is 34.5. The van der Waals surface area contributed by atoms with Gasteiger partial charge in [0.2, 0.25) is 15.9 Å². The summed E-state index contributed by atoms with van der Waals surface area (Å²) in [6, 6.07) is 11.7. The molecule has 1 aliphatic rings. The zero-order valence-corrected chi connectivity index (χ0v) is 20.9. The zero-order chi connectivity index (χ0) is 25.2. The number of nitrogens with one attached hydrogen (secondary N) is 1. The van der Waals surface area contributed by atoms with Crippen LogP contribution in [0.3, 0.4) is 0 Å². The standard InChI is InChI=1S/C25H30N4O5S/c1-17-6-4-7-22-24(17)26-16-28(25(22)31)13-5-8-23(30)27-20-9-11-21(12-10-20)35(32,33)29-14-18(2)34-19(3)15-29/h4,6-7,9-12,16,18-19H,5,8,13-15H2,1-3H3,(H,27,30)/t18-,19-/m0/s1. The number of para-hydroxylation sites is 1. The Balaban J connectivity index is 1.33. The Morgan fingerprint density at radius 1 is 1.11 bits per heavy atom. The van der Waals surface area contributed by atoms with Crippen molar-refractivity contribution in [2.24, 2.45) is 0 Å². The van der Waals surface area contributed by atoms with Crippen molar-refractivity contribution in [2.75, 3.05) is 18.4 Å². The van der Waals surface area contributed by atoms with Gasteiger partial charge >= 0.3 is 0 Å². The van der Waals surface area contributed by atoms with Crippen molar-refractivity contribution in [2.45, 2.75) is 57.3 Å². The third-order valence-corrected chi connectivity index (χ3v) is 7.87. The van der Waals surface area contributed by atoms with Crippen LogP contribution in [0.2, 0.25) is 0 Å². The molecule has 0 unspecified atom stereocenters. The number of morpholine rings is 1. The first kappa shape index (κ1) is 25.0. The van der Waals surface area contributed by atoms with Gasteiger partial charge in [-0.15, -0.1) is 0 Å². The monoisotopic (exact) mass is 498 g/mol. The van der Waals surface area contributed by atoms with E-state index in [1.165, 1.54) is 27.3 Å². The number of hydrogen-bond acceptors (Lipinski definition) is 6. The van der Waals surface area contributed by atoms with Gasteiger partial charge in [-0.3, -0.25) is 14.2 Å². The van der Waals surface area contributed by atoms with E-state index in [0.717, 1.165) is 5.56 Å². The van der Waals surface area contributed by atoms with E-state index in [1.807, 2.05) is 32.9 Å². The lowest BCUT2D eigenvalue weighted by Gasteiger charge is -2.34. The normalized spacial score (nSPS) is 19.1. The molecule has 0 aliphatic carbocycles. The Morgan fingerprint density at radius 3 is 2.49 bits per heavy atom. The van der Waals surface area contributed by atoms with Crippen LogP contribution in [-0.2, 0) is 26.1 Å². The second-order valence-electron chi connectivity index (χ2n) is 8.97. The van der Waals surface area contributed by atoms with Gasteiger partial charge in [0, 0.05) is 31.7 Å². The van der Waals surface area contributed by atoms with Crippen LogP contribution in [-0.4, -0.2) is 53.5 Å². The summed E-state index contributed by atoms with van der Waals surface area (Å²) in [6.45, 7) is 6.60. The maximum atomic E-state index is 13.0. The first-order valence-electron chi connectivity index (χ1n) is 11.7. The van der Waals surface area contributed by atoms with E-state index in [4.69, 9.17) is 4.74 Å². The van der Waals surface area contributed by atoms with Crippen LogP contribution < -0.4 is 10.9 Å². The smallest absolute Gasteiger partial charge is 0.261 e. The van der Waals surface area contributed by atoms with Crippen molar-refractivity contribution in [1.29, 1.82) is 0 Å². The maximum absolute atomic E-state index is 13.0. The van der Waals surface area contributed by atoms with E-state index >= 15 is 0 Å². The fraction of sp³-hybridized carbons (Fsp3) is 0.400. The van der Waals surface area contributed by atoms with Crippen LogP contribution in [0.15, 0.2) is 58.5 Å². The molecule has 1 aliphatic heterocycles. The lowest BCUT2D eigenvalue weighted by Crippen LogP contribution is -2.48. The van der Waals surface area contributed by atoms with Gasteiger partial charge in [0.05, 0.1) is 34.3 Å². The number of ether oxygens (including phenoxy) is 1. The summed E-state index contributed by atoms with van der Waals surface area (Å²) in [6.07, 6.45) is 1.85. The first-order chi connectivity index (χ1) is 16.6. The van der Waals surface area contributed by atoms with Gasteiger partial charge in [-0.1, -0.05) is 12.1 Å². The molecule has 10 heteroatoms. The van der Waals surface area contributed by atoms with E-state index < -0.39 is 10.0 Å². The molecule has 2 atom stereocenters. The highest BCUT2D eigenvalue weighted by molar-refractivity contribution is 7.89. The maximum Gasteiger partial charge on any atom is 0.261 e. The van der Waals surface area contributed by atoms with Crippen molar-refractivity contribution in [3.8, 4) is 0 Å². The average Bonchev–Trinajstić information content (AvgIpc) is 2.81. The van der Waals surface area contributed by atoms with Crippen molar-refractivity contribution in [1.82, 2.24) is 13.9 Å². The van der Waals surface area contributed by atoms with Crippen molar-refractivity contribution >= 4 is 32.5 Å². The molecule has 0 spiro atoms. The van der Waals surface area contributed by atoms with E-state index in [9.17, 15) is 18.0 Å². The molecule has 9 nitrogen and oxygen atoms in total. The number of amides is 1. The molecular formula is C25H30N4O5S. The number of anilines is 1. The Kier molecular flexibility index (Phi) is 7.34. The van der Waals surface area contributed by atoms with Crippen molar-refractivity contribution in [3.05, 3.63) is 64.7 Å². The van der Waals surface area contributed by atoms with Crippen LogP contribution in [0.1, 0.15) is 32.3 Å². The van der Waals surface area contributed by atoms with Gasteiger partial charge in [0.25, 0.3) is 5.56 Å². The summed E-state index contributed by atoms with van der Waals surface area (Å²) in [7, 11) is -3.64. The number of carbonyl (C=O) groups excluding carboxylic acids is 1. The number of aromatic nitrogens is 2. The number of hydrogen-bond donors (Lipinski definition) is 1. The summed E-state index contributed by atoms with van der Waals surface area (Å²) in [4.78, 5) is 29.6. The molecule has 2 heterocycles. The number of aryl methyl sites for hydroxylation is 2. The van der Waals surface area contributed by atoms with Gasteiger partial charge in [0.15, 0.2) is 0 Å². The Hall–Kier alpha value is -3.08. The van der Waals surface area contributed by atoms with Crippen molar-refractivity contribution in [3.63, 3.8) is 0 Å². The number of benzene rings is 2. The molecule has 1 amide bonds. The molecular weight excluding hydrogens is 468 g/mol. The molecule has 1 fully saturated rings. The van der Waals surface area contributed by atoms with Crippen LogP contribution in [0, 0.1) is 6.92 Å². The van der Waals surface area contributed by atoms with E-state index in [0.29, 0.717) is 42.6 Å². The van der Waals surface area contributed by atoms with Gasteiger partial charge in [-0.25, -0.2) is 13.4 Å². The Morgan fingerprint density at radius 2 is 1.80 bits per heavy atom. The van der Waals surface area contributed by atoms with Crippen LogP contribution in [0.25, 0.3) is 10.9 Å². The van der Waals surface area contributed by atoms with Gasteiger partial charge in [-0.2, -0.15) is 4.31 Å². The second kappa shape index (κ2) is 10.3. The minimum absolute atomic E-state index is 0.125. The summed E-state index contributed by atoms with van der Waals surface area (Å²) in [5.41, 5.74) is 2.02. The highest BCUT2D eigenvalue weighted by Gasteiger charge is 2.32. The molecule has 0 bridgehead atoms. The van der Waals surface area contributed by atoms with Gasteiger partial charge in [0.1, 0.15) is 0 Å². The second-order valence-corrected chi connectivity index (χ2v) is 10.9. The zero-order valence-electron chi connectivity index (χ0n) is 20.1. The fourth-order valence-corrected chi connectivity index (χ4v) is 5.91. The first-order valence-corrected chi connectivity index (χ1v) is 13.1. The van der Waals surface area contributed by atoms with Gasteiger partial charge in [-0.05, 0) is 63.1 Å². The lowest BCUT2D eigenvalue weighted by atomic mass is 10.1. The summed E-state index contributed by atoms with van der Waals surface area (Å²) >= 11 is 0. The summed E-state index contributed by atoms with van der Waals surface area (Å²) in [5.74, 6) is -0.214. The molecule has 2 aromatic carbocycles. The number of fused-ring (bicyclic) bond motifs is 1. The largest absolute Gasteiger partial charge is 0.373 e. The summed E-state index contributed by atoms with van der Waals surface area (Å²) in [5, 5.41) is 3.34. The Labute approximate surface area is 204 Å². The molecule has 0 radical (unpaired) electrons. The molecule has 186 valence electrons. The minimum atomic E-state index is -3.64. The number of nitrogens with zero attached hydrogens (tertiary/aromatic N) is 3. The number of carbonyl (C=O) groups is 1. The van der Waals surface area contributed by atoms with E-state index in [-0.39, 0.29) is 35.0 Å². The molecule has 35 heavy (non-hydrogen) atoms. The third-order valence-electron chi connectivity index (χ3n) is 6.02. The van der Waals surface area contributed by atoms with Crippen LogP contribution >= 0.6 is 0 Å². The number of rotatable bonds is 7. The molecule has 1 saturated heterocycles. The predicted molar refractivity (Wildman–Crippen MR) is 134 cm³/mol. The highest BCUT2D eigenvalue weighted by atomic mass is 32.2. The van der Waals surface area contributed by atoms with Crippen LogP contribution in [0.4, 0.5) is 5.69 Å². The molecule has 4 rings (SSSR count). The highest BCUT2D eigenvalue weighted by Crippen LogP contribution is 2.22. The molecule has 3 aromatic rings. The lowest BCUT2D eigenvalue weighted by molar-refractivity contribution is -0.116. The molecule has 1 aromatic heterocycles. The SMILES string of the molecule is Cc1cccc2c(=O)n(CCCC(=O)Nc3ccc(S(=O)(=O)N4C[C@H](C)O[C@@H](C)C4)cc3)cnc12. The third kappa shape index (κ3) is 5.61. The minimum Gasteiger partial charge on any atom is -0.373 e. The van der Waals surface area contributed by atoms with E-state index in [1.54, 1.807) is 18.2 Å². The van der Waals surface area contributed by atoms with E-state index in [2.05, 4.69) is 10.3 Å². The molecule has 0 saturated carbocycles. The quantitative estimate of drug-likeness (QED) is 0.536. The Bertz CT molecular complexity index is 1380. The van der Waals surface area contributed by atoms with Crippen LogP contribution in [0.5, 0.6) is 0 Å². The average molecular weight is 499 g/mol. The van der Waals surface area contributed by atoms with Gasteiger partial charge < -0.3 is 10.1 Å². The number of sulfonamides is 1.